The van der Waals surface area contributed by atoms with Crippen LogP contribution < -0.4 is 5.32 Å². The molecule has 0 aliphatic carbocycles. The first kappa shape index (κ1) is 21.1. The summed E-state index contributed by atoms with van der Waals surface area (Å²) in [6.07, 6.45) is 1.68. The molecular formula is C25H32N2O2. The summed E-state index contributed by atoms with van der Waals surface area (Å²) in [5.41, 5.74) is 4.22. The first-order valence-corrected chi connectivity index (χ1v) is 10.6. The van der Waals surface area contributed by atoms with Crippen LogP contribution in [0.5, 0.6) is 0 Å². The normalized spacial score (nSPS) is 17.8. The van der Waals surface area contributed by atoms with Crippen LogP contribution in [0.4, 0.5) is 0 Å². The van der Waals surface area contributed by atoms with Gasteiger partial charge in [0.05, 0.1) is 12.0 Å². The lowest BCUT2D eigenvalue weighted by atomic mass is 9.95. The van der Waals surface area contributed by atoms with E-state index >= 15 is 0 Å². The van der Waals surface area contributed by atoms with Crippen LogP contribution in [0, 0.1) is 12.8 Å². The molecule has 154 valence electrons. The molecule has 1 aliphatic heterocycles. The van der Waals surface area contributed by atoms with Gasteiger partial charge in [0.25, 0.3) is 5.91 Å². The number of hydrogen-bond acceptors (Lipinski definition) is 2. The van der Waals surface area contributed by atoms with Crippen molar-refractivity contribution < 1.29 is 9.59 Å². The smallest absolute Gasteiger partial charge is 0.253 e. The highest BCUT2D eigenvalue weighted by atomic mass is 16.2. The first-order chi connectivity index (χ1) is 13.8. The summed E-state index contributed by atoms with van der Waals surface area (Å²) in [5, 5.41) is 3.14. The van der Waals surface area contributed by atoms with Gasteiger partial charge in [-0.1, -0.05) is 55.8 Å². The number of aryl methyl sites for hydroxylation is 1. The van der Waals surface area contributed by atoms with E-state index in [1.807, 2.05) is 43.0 Å². The Morgan fingerprint density at radius 1 is 0.966 bits per heavy atom. The van der Waals surface area contributed by atoms with E-state index in [0.717, 1.165) is 24.0 Å². The molecule has 3 rings (SSSR count). The molecule has 1 N–H and O–H groups in total. The van der Waals surface area contributed by atoms with E-state index < -0.39 is 0 Å². The lowest BCUT2D eigenvalue weighted by molar-refractivity contribution is -0.127. The Bertz CT molecular complexity index is 840. The fourth-order valence-corrected chi connectivity index (χ4v) is 3.84. The molecule has 4 heteroatoms. The van der Waals surface area contributed by atoms with Crippen molar-refractivity contribution >= 4 is 11.8 Å². The van der Waals surface area contributed by atoms with Gasteiger partial charge >= 0.3 is 0 Å². The highest BCUT2D eigenvalue weighted by Crippen LogP contribution is 2.22. The molecule has 4 nitrogen and oxygen atoms in total. The van der Waals surface area contributed by atoms with Crippen molar-refractivity contribution in [2.45, 2.75) is 52.5 Å². The largest absolute Gasteiger partial charge is 0.349 e. The third-order valence-electron chi connectivity index (χ3n) is 5.84. The van der Waals surface area contributed by atoms with Gasteiger partial charge in [-0.15, -0.1) is 0 Å². The number of nitrogens with zero attached hydrogens (tertiary/aromatic N) is 1. The lowest BCUT2D eigenvalue weighted by Gasteiger charge is -2.32. The summed E-state index contributed by atoms with van der Waals surface area (Å²) >= 11 is 0. The molecule has 1 heterocycles. The number of piperidine rings is 1. The van der Waals surface area contributed by atoms with Crippen LogP contribution in [0.15, 0.2) is 48.5 Å². The first-order valence-electron chi connectivity index (χ1n) is 10.6. The highest BCUT2D eigenvalue weighted by molar-refractivity contribution is 5.94. The van der Waals surface area contributed by atoms with Crippen LogP contribution in [0.1, 0.15) is 72.6 Å². The fourth-order valence-electron chi connectivity index (χ4n) is 3.84. The quantitative estimate of drug-likeness (QED) is 0.791. The van der Waals surface area contributed by atoms with Gasteiger partial charge in [0, 0.05) is 18.7 Å². The molecule has 2 aromatic carbocycles. The second-order valence-corrected chi connectivity index (χ2v) is 8.51. The number of benzene rings is 2. The number of carbonyl (C=O) groups is 2. The van der Waals surface area contributed by atoms with Crippen molar-refractivity contribution in [2.24, 2.45) is 5.92 Å². The van der Waals surface area contributed by atoms with Crippen LogP contribution in [-0.4, -0.2) is 29.8 Å². The Morgan fingerprint density at radius 3 is 2.21 bits per heavy atom. The number of amides is 2. The molecular weight excluding hydrogens is 360 g/mol. The molecule has 1 fully saturated rings. The number of nitrogens with one attached hydrogen (secondary N) is 1. The Labute approximate surface area is 174 Å². The Hall–Kier alpha value is -2.62. The molecule has 2 aromatic rings. The molecule has 0 aromatic heterocycles. The van der Waals surface area contributed by atoms with E-state index in [1.165, 1.54) is 5.56 Å². The van der Waals surface area contributed by atoms with Crippen molar-refractivity contribution in [3.05, 3.63) is 70.8 Å². The van der Waals surface area contributed by atoms with E-state index in [-0.39, 0.29) is 23.8 Å². The van der Waals surface area contributed by atoms with E-state index in [9.17, 15) is 9.59 Å². The Kier molecular flexibility index (Phi) is 6.73. The number of hydrogen-bond donors (Lipinski definition) is 1. The number of rotatable bonds is 5. The van der Waals surface area contributed by atoms with Gasteiger partial charge in [0.2, 0.25) is 5.91 Å². The van der Waals surface area contributed by atoms with E-state index in [0.29, 0.717) is 24.6 Å². The number of likely N-dealkylation sites (tertiary alicyclic amines) is 1. The van der Waals surface area contributed by atoms with Gasteiger partial charge in [0.15, 0.2) is 0 Å². The molecule has 2 amide bonds. The van der Waals surface area contributed by atoms with Crippen molar-refractivity contribution in [3.63, 3.8) is 0 Å². The van der Waals surface area contributed by atoms with Gasteiger partial charge in [-0.2, -0.15) is 0 Å². The molecule has 2 atom stereocenters. The molecule has 0 spiro atoms. The second-order valence-electron chi connectivity index (χ2n) is 8.51. The summed E-state index contributed by atoms with van der Waals surface area (Å²) in [4.78, 5) is 27.5. The van der Waals surface area contributed by atoms with Crippen LogP contribution >= 0.6 is 0 Å². The standard InChI is InChI=1S/C25H32N2O2/c1-17(2)20-11-13-21(14-12-20)19(4)26-24(28)23-6-5-15-27(16-23)25(29)22-9-7-18(3)8-10-22/h7-14,17,19,23H,5-6,15-16H2,1-4H3,(H,26,28). The van der Waals surface area contributed by atoms with E-state index in [4.69, 9.17) is 0 Å². The van der Waals surface area contributed by atoms with Gasteiger partial charge < -0.3 is 10.2 Å². The average molecular weight is 393 g/mol. The molecule has 2 unspecified atom stereocenters. The Morgan fingerprint density at radius 2 is 1.59 bits per heavy atom. The average Bonchev–Trinajstić information content (AvgIpc) is 2.74. The van der Waals surface area contributed by atoms with Crippen LogP contribution in [0.25, 0.3) is 0 Å². The maximum absolute atomic E-state index is 12.9. The summed E-state index contributed by atoms with van der Waals surface area (Å²) in [5.74, 6) is 0.385. The minimum absolute atomic E-state index is 0.0137. The van der Waals surface area contributed by atoms with Gasteiger partial charge in [0.1, 0.15) is 0 Å². The van der Waals surface area contributed by atoms with Gasteiger partial charge in [-0.25, -0.2) is 0 Å². The lowest BCUT2D eigenvalue weighted by Crippen LogP contribution is -2.45. The van der Waals surface area contributed by atoms with E-state index in [1.54, 1.807) is 0 Å². The fraction of sp³-hybridized carbons (Fsp3) is 0.440. The van der Waals surface area contributed by atoms with Crippen LogP contribution in [0.2, 0.25) is 0 Å². The molecule has 0 bridgehead atoms. The summed E-state index contributed by atoms with van der Waals surface area (Å²) in [7, 11) is 0. The van der Waals surface area contributed by atoms with Crippen LogP contribution in [0.3, 0.4) is 0 Å². The van der Waals surface area contributed by atoms with Crippen molar-refractivity contribution in [1.29, 1.82) is 0 Å². The molecule has 0 radical (unpaired) electrons. The topological polar surface area (TPSA) is 49.4 Å². The third-order valence-corrected chi connectivity index (χ3v) is 5.84. The minimum atomic E-state index is -0.157. The SMILES string of the molecule is Cc1ccc(C(=O)N2CCCC(C(=O)NC(C)c3ccc(C(C)C)cc3)C2)cc1. The predicted molar refractivity (Wildman–Crippen MR) is 117 cm³/mol. The molecule has 1 saturated heterocycles. The van der Waals surface area contributed by atoms with Gasteiger partial charge in [-0.05, 0) is 55.9 Å². The predicted octanol–water partition coefficient (Wildman–Crippen LogP) is 4.85. The second kappa shape index (κ2) is 9.25. The van der Waals surface area contributed by atoms with Crippen molar-refractivity contribution in [3.8, 4) is 0 Å². The minimum Gasteiger partial charge on any atom is -0.349 e. The highest BCUT2D eigenvalue weighted by Gasteiger charge is 2.29. The van der Waals surface area contributed by atoms with Crippen molar-refractivity contribution in [1.82, 2.24) is 10.2 Å². The Balaban J connectivity index is 1.60. The zero-order valence-corrected chi connectivity index (χ0v) is 17.9. The van der Waals surface area contributed by atoms with Crippen molar-refractivity contribution in [2.75, 3.05) is 13.1 Å². The maximum atomic E-state index is 12.9. The summed E-state index contributed by atoms with van der Waals surface area (Å²) in [6, 6.07) is 16.0. The summed E-state index contributed by atoms with van der Waals surface area (Å²) in [6.45, 7) is 9.56. The summed E-state index contributed by atoms with van der Waals surface area (Å²) < 4.78 is 0. The molecule has 1 aliphatic rings. The monoisotopic (exact) mass is 392 g/mol. The van der Waals surface area contributed by atoms with Gasteiger partial charge in [-0.3, -0.25) is 9.59 Å². The third kappa shape index (κ3) is 5.26. The number of carbonyl (C=O) groups excluding carboxylic acids is 2. The maximum Gasteiger partial charge on any atom is 0.253 e. The molecule has 0 saturated carbocycles. The zero-order valence-electron chi connectivity index (χ0n) is 17.9. The van der Waals surface area contributed by atoms with E-state index in [2.05, 4.69) is 43.4 Å². The van der Waals surface area contributed by atoms with Crippen LogP contribution in [-0.2, 0) is 4.79 Å². The molecule has 29 heavy (non-hydrogen) atoms. The zero-order chi connectivity index (χ0) is 21.0.